The number of phenols is 2. The van der Waals surface area contributed by atoms with Gasteiger partial charge in [0.1, 0.15) is 0 Å². The van der Waals surface area contributed by atoms with Crippen LogP contribution in [0.4, 0.5) is 11.4 Å². The van der Waals surface area contributed by atoms with E-state index in [9.17, 15) is 10.2 Å². The van der Waals surface area contributed by atoms with Crippen LogP contribution in [0.1, 0.15) is 11.1 Å². The van der Waals surface area contributed by atoms with Crippen LogP contribution in [0.25, 0.3) is 12.2 Å². The lowest BCUT2D eigenvalue weighted by Gasteiger charge is -2.10. The Morgan fingerprint density at radius 2 is 1.26 bits per heavy atom. The lowest BCUT2D eigenvalue weighted by Crippen LogP contribution is -2.18. The van der Waals surface area contributed by atoms with Gasteiger partial charge in [-0.1, -0.05) is 42.0 Å². The Bertz CT molecular complexity index is 970. The Morgan fingerprint density at radius 1 is 0.741 bits per heavy atom. The van der Waals surface area contributed by atoms with Crippen LogP contribution >= 0.6 is 23.8 Å². The summed E-state index contributed by atoms with van der Waals surface area (Å²) in [6, 6.07) is 19.7. The Labute approximate surface area is 167 Å². The Balaban J connectivity index is 1.59. The number of hydrogen-bond acceptors (Lipinski definition) is 3. The van der Waals surface area contributed by atoms with Gasteiger partial charge < -0.3 is 20.8 Å². The molecule has 3 aromatic rings. The summed E-state index contributed by atoms with van der Waals surface area (Å²) in [7, 11) is 0. The van der Waals surface area contributed by atoms with Gasteiger partial charge in [-0.25, -0.2) is 0 Å². The molecule has 4 N–H and O–H groups in total. The molecule has 0 bridgehead atoms. The van der Waals surface area contributed by atoms with E-state index in [1.54, 1.807) is 18.2 Å². The van der Waals surface area contributed by atoms with Gasteiger partial charge in [0, 0.05) is 16.4 Å². The monoisotopic (exact) mass is 396 g/mol. The fraction of sp³-hybridized carbons (Fsp3) is 0. The first kappa shape index (κ1) is 18.8. The van der Waals surface area contributed by atoms with E-state index in [0.29, 0.717) is 10.1 Å². The maximum absolute atomic E-state index is 9.52. The zero-order valence-corrected chi connectivity index (χ0v) is 15.8. The molecule has 0 atom stereocenters. The van der Waals surface area contributed by atoms with Crippen LogP contribution in [-0.4, -0.2) is 15.3 Å². The predicted octanol–water partition coefficient (Wildman–Crippen LogP) is 5.73. The summed E-state index contributed by atoms with van der Waals surface area (Å²) >= 11 is 11.2. The first-order valence-corrected chi connectivity index (χ1v) is 8.92. The van der Waals surface area contributed by atoms with Crippen molar-refractivity contribution < 1.29 is 10.2 Å². The molecule has 0 unspecified atom stereocenters. The van der Waals surface area contributed by atoms with Crippen LogP contribution in [0.2, 0.25) is 5.02 Å². The Morgan fingerprint density at radius 3 is 1.85 bits per heavy atom. The van der Waals surface area contributed by atoms with E-state index in [4.69, 9.17) is 23.8 Å². The number of phenolic OH excluding ortho intramolecular Hbond substituents is 2. The number of benzene rings is 3. The third kappa shape index (κ3) is 5.48. The van der Waals surface area contributed by atoms with Crippen molar-refractivity contribution in [1.82, 2.24) is 0 Å². The lowest BCUT2D eigenvalue weighted by atomic mass is 10.1. The molecule has 0 aliphatic rings. The maximum Gasteiger partial charge on any atom is 0.175 e. The van der Waals surface area contributed by atoms with Crippen molar-refractivity contribution in [3.05, 3.63) is 82.9 Å². The fourth-order valence-electron chi connectivity index (χ4n) is 2.34. The average Bonchev–Trinajstić information content (AvgIpc) is 2.66. The zero-order valence-electron chi connectivity index (χ0n) is 14.2. The molecule has 0 fully saturated rings. The number of nitrogens with one attached hydrogen (secondary N) is 2. The number of aromatic hydroxyl groups is 2. The van der Waals surface area contributed by atoms with Crippen LogP contribution in [0.5, 0.6) is 11.5 Å². The van der Waals surface area contributed by atoms with Gasteiger partial charge in [0.15, 0.2) is 16.6 Å². The minimum absolute atomic E-state index is 0.134. The highest BCUT2D eigenvalue weighted by atomic mass is 35.5. The first-order valence-electron chi connectivity index (χ1n) is 8.13. The predicted molar refractivity (Wildman–Crippen MR) is 116 cm³/mol. The van der Waals surface area contributed by atoms with E-state index >= 15 is 0 Å². The summed E-state index contributed by atoms with van der Waals surface area (Å²) in [6.07, 6.45) is 3.77. The van der Waals surface area contributed by atoms with Crippen molar-refractivity contribution in [2.45, 2.75) is 0 Å². The van der Waals surface area contributed by atoms with Gasteiger partial charge in [0.25, 0.3) is 0 Å². The number of rotatable bonds is 4. The minimum atomic E-state index is -0.140. The molecule has 0 saturated heterocycles. The molecule has 27 heavy (non-hydrogen) atoms. The summed E-state index contributed by atoms with van der Waals surface area (Å²) < 4.78 is 0. The second-order valence-corrected chi connectivity index (χ2v) is 6.63. The lowest BCUT2D eigenvalue weighted by molar-refractivity contribution is 0.403. The van der Waals surface area contributed by atoms with Crippen LogP contribution < -0.4 is 10.6 Å². The highest BCUT2D eigenvalue weighted by Crippen LogP contribution is 2.25. The number of anilines is 2. The fourth-order valence-corrected chi connectivity index (χ4v) is 2.70. The highest BCUT2D eigenvalue weighted by Gasteiger charge is 2.00. The second-order valence-electron chi connectivity index (χ2n) is 5.79. The average molecular weight is 397 g/mol. The minimum Gasteiger partial charge on any atom is -0.504 e. The third-order valence-corrected chi connectivity index (χ3v) is 4.19. The molecule has 4 nitrogen and oxygen atoms in total. The van der Waals surface area contributed by atoms with Crippen LogP contribution in [0, 0.1) is 0 Å². The van der Waals surface area contributed by atoms with Crippen molar-refractivity contribution in [3.8, 4) is 11.5 Å². The van der Waals surface area contributed by atoms with E-state index in [-0.39, 0.29) is 11.5 Å². The molecular formula is C21H17ClN2O2S. The van der Waals surface area contributed by atoms with E-state index in [2.05, 4.69) is 10.6 Å². The molecule has 0 amide bonds. The van der Waals surface area contributed by atoms with E-state index in [0.717, 1.165) is 22.5 Å². The third-order valence-electron chi connectivity index (χ3n) is 3.74. The molecule has 0 heterocycles. The number of halogens is 1. The Hall–Kier alpha value is -3.02. The molecule has 0 aliphatic carbocycles. The van der Waals surface area contributed by atoms with E-state index < -0.39 is 0 Å². The second kappa shape index (κ2) is 8.58. The zero-order chi connectivity index (χ0) is 19.2. The van der Waals surface area contributed by atoms with Crippen molar-refractivity contribution in [3.63, 3.8) is 0 Å². The highest BCUT2D eigenvalue weighted by molar-refractivity contribution is 7.80. The van der Waals surface area contributed by atoms with Gasteiger partial charge in [-0.15, -0.1) is 0 Å². The van der Waals surface area contributed by atoms with Crippen molar-refractivity contribution in [2.75, 3.05) is 10.6 Å². The van der Waals surface area contributed by atoms with Gasteiger partial charge in [-0.05, 0) is 71.9 Å². The molecule has 136 valence electrons. The topological polar surface area (TPSA) is 64.5 Å². The molecule has 3 aromatic carbocycles. The van der Waals surface area contributed by atoms with E-state index in [1.165, 1.54) is 12.1 Å². The number of thiocarbonyl (C=S) groups is 1. The first-order chi connectivity index (χ1) is 13.0. The maximum atomic E-state index is 9.52. The molecule has 0 saturated carbocycles. The Kier molecular flexibility index (Phi) is 5.96. The number of hydrogen-bond donors (Lipinski definition) is 4. The normalized spacial score (nSPS) is 10.7. The van der Waals surface area contributed by atoms with Crippen molar-refractivity contribution in [1.29, 1.82) is 0 Å². The molecule has 3 rings (SSSR count). The largest absolute Gasteiger partial charge is 0.504 e. The van der Waals surface area contributed by atoms with Gasteiger partial charge in [-0.2, -0.15) is 0 Å². The summed E-state index contributed by atoms with van der Waals surface area (Å²) in [4.78, 5) is 0. The summed E-state index contributed by atoms with van der Waals surface area (Å²) in [5.74, 6) is -0.274. The van der Waals surface area contributed by atoms with Crippen LogP contribution in [-0.2, 0) is 0 Å². The van der Waals surface area contributed by atoms with Gasteiger partial charge in [0.2, 0.25) is 0 Å². The molecule has 6 heteroatoms. The summed E-state index contributed by atoms with van der Waals surface area (Å²) in [5.41, 5.74) is 3.50. The quantitative estimate of drug-likeness (QED) is 0.257. The standard InChI is InChI=1S/C21H17ClN2O2S/c22-16-6-10-18(11-7-16)24-21(27)23-17-8-3-14(4-9-17)1-2-15-5-12-19(25)20(26)13-15/h1-13,25-26H,(H2,23,24,27)/b2-1+. The summed E-state index contributed by atoms with van der Waals surface area (Å²) in [5, 5.41) is 26.2. The smallest absolute Gasteiger partial charge is 0.175 e. The van der Waals surface area contributed by atoms with Gasteiger partial charge >= 0.3 is 0 Å². The SMILES string of the molecule is Oc1ccc(/C=C/c2ccc(NC(=S)Nc3ccc(Cl)cc3)cc2)cc1O. The molecule has 0 aromatic heterocycles. The van der Waals surface area contributed by atoms with E-state index in [1.807, 2.05) is 48.6 Å². The van der Waals surface area contributed by atoms with Gasteiger partial charge in [0.05, 0.1) is 0 Å². The molecule has 0 spiro atoms. The summed E-state index contributed by atoms with van der Waals surface area (Å²) in [6.45, 7) is 0. The van der Waals surface area contributed by atoms with Crippen LogP contribution in [0.15, 0.2) is 66.7 Å². The van der Waals surface area contributed by atoms with Crippen molar-refractivity contribution >= 4 is 52.5 Å². The molecule has 0 radical (unpaired) electrons. The van der Waals surface area contributed by atoms with Crippen molar-refractivity contribution in [2.24, 2.45) is 0 Å². The molecular weight excluding hydrogens is 380 g/mol. The molecule has 0 aliphatic heterocycles. The van der Waals surface area contributed by atoms with Crippen LogP contribution in [0.3, 0.4) is 0 Å². The van der Waals surface area contributed by atoms with Gasteiger partial charge in [-0.3, -0.25) is 0 Å².